The molecule has 0 amide bonds. The molecule has 0 spiro atoms. The molecule has 1 fully saturated rings. The Kier molecular flexibility index (Phi) is 6.32. The van der Waals surface area contributed by atoms with E-state index in [0.29, 0.717) is 16.9 Å². The van der Waals surface area contributed by atoms with Crippen LogP contribution in [0.15, 0.2) is 0 Å². The van der Waals surface area contributed by atoms with E-state index in [1.165, 1.54) is 51.7 Å². The Morgan fingerprint density at radius 3 is 2.16 bits per heavy atom. The molecule has 1 aliphatic carbocycles. The van der Waals surface area contributed by atoms with Crippen LogP contribution in [0.1, 0.15) is 66.7 Å². The van der Waals surface area contributed by atoms with Gasteiger partial charge in [0.05, 0.1) is 0 Å². The quantitative estimate of drug-likeness (QED) is 0.785. The highest BCUT2D eigenvalue weighted by atomic mass is 15.1. The molecule has 1 N–H and O–H groups in total. The maximum absolute atomic E-state index is 3.70. The first kappa shape index (κ1) is 17.0. The second kappa shape index (κ2) is 7.08. The van der Waals surface area contributed by atoms with Gasteiger partial charge in [0.2, 0.25) is 0 Å². The van der Waals surface area contributed by atoms with E-state index in [4.69, 9.17) is 0 Å². The first-order valence-corrected chi connectivity index (χ1v) is 8.14. The summed E-state index contributed by atoms with van der Waals surface area (Å²) in [4.78, 5) is 2.56. The number of nitrogens with one attached hydrogen (secondary N) is 1. The van der Waals surface area contributed by atoms with Crippen LogP contribution in [0.4, 0.5) is 0 Å². The molecular weight excluding hydrogens is 232 g/mol. The Bertz CT molecular complexity index is 246. The van der Waals surface area contributed by atoms with Crippen LogP contribution >= 0.6 is 0 Å². The number of rotatable bonds is 6. The molecule has 0 aromatic rings. The second-order valence-electron chi connectivity index (χ2n) is 8.33. The van der Waals surface area contributed by atoms with Crippen LogP contribution < -0.4 is 5.32 Å². The van der Waals surface area contributed by atoms with Crippen molar-refractivity contribution >= 4 is 0 Å². The van der Waals surface area contributed by atoms with Gasteiger partial charge in [0, 0.05) is 25.7 Å². The van der Waals surface area contributed by atoms with Crippen molar-refractivity contribution < 1.29 is 0 Å². The minimum absolute atomic E-state index is 0.399. The zero-order chi connectivity index (χ0) is 14.5. The van der Waals surface area contributed by atoms with E-state index in [9.17, 15) is 0 Å². The fraction of sp³-hybridized carbons (Fsp3) is 1.00. The molecule has 114 valence electrons. The van der Waals surface area contributed by atoms with E-state index < -0.39 is 0 Å². The SMILES string of the molecule is CC(C)NCC1(CN(C)CC(C)(C)C)CCCCC1. The molecule has 0 aliphatic heterocycles. The van der Waals surface area contributed by atoms with Crippen LogP contribution in [0.3, 0.4) is 0 Å². The van der Waals surface area contributed by atoms with Crippen molar-refractivity contribution in [1.29, 1.82) is 0 Å². The lowest BCUT2D eigenvalue weighted by Crippen LogP contribution is -2.47. The van der Waals surface area contributed by atoms with Crippen molar-refractivity contribution in [2.75, 3.05) is 26.7 Å². The highest BCUT2D eigenvalue weighted by Crippen LogP contribution is 2.37. The average molecular weight is 268 g/mol. The van der Waals surface area contributed by atoms with Crippen molar-refractivity contribution in [3.05, 3.63) is 0 Å². The topological polar surface area (TPSA) is 15.3 Å². The normalized spacial score (nSPS) is 20.2. The fourth-order valence-corrected chi connectivity index (χ4v) is 3.55. The summed E-state index contributed by atoms with van der Waals surface area (Å²) in [6, 6.07) is 0.603. The Balaban J connectivity index is 2.58. The summed E-state index contributed by atoms with van der Waals surface area (Å²) in [5.41, 5.74) is 0.915. The molecule has 1 saturated carbocycles. The zero-order valence-corrected chi connectivity index (χ0v) is 14.2. The minimum atomic E-state index is 0.399. The lowest BCUT2D eigenvalue weighted by molar-refractivity contribution is 0.0955. The molecule has 0 aromatic heterocycles. The van der Waals surface area contributed by atoms with Gasteiger partial charge in [-0.2, -0.15) is 0 Å². The van der Waals surface area contributed by atoms with E-state index in [1.54, 1.807) is 0 Å². The molecule has 0 unspecified atom stereocenters. The molecule has 1 aliphatic rings. The summed E-state index contributed by atoms with van der Waals surface area (Å²) >= 11 is 0. The molecule has 0 heterocycles. The Hall–Kier alpha value is -0.0800. The van der Waals surface area contributed by atoms with Crippen LogP contribution in [0, 0.1) is 10.8 Å². The van der Waals surface area contributed by atoms with E-state index in [2.05, 4.69) is 51.9 Å². The van der Waals surface area contributed by atoms with Crippen LogP contribution in [0.5, 0.6) is 0 Å². The largest absolute Gasteiger partial charge is 0.314 e. The fourth-order valence-electron chi connectivity index (χ4n) is 3.55. The van der Waals surface area contributed by atoms with Gasteiger partial charge in [0.1, 0.15) is 0 Å². The van der Waals surface area contributed by atoms with Gasteiger partial charge in [-0.05, 0) is 30.7 Å². The van der Waals surface area contributed by atoms with Gasteiger partial charge in [-0.3, -0.25) is 0 Å². The number of nitrogens with zero attached hydrogens (tertiary/aromatic N) is 1. The van der Waals surface area contributed by atoms with Crippen molar-refractivity contribution in [3.8, 4) is 0 Å². The van der Waals surface area contributed by atoms with Crippen molar-refractivity contribution in [2.45, 2.75) is 72.8 Å². The average Bonchev–Trinajstić information content (AvgIpc) is 2.25. The third-order valence-corrected chi connectivity index (χ3v) is 4.15. The van der Waals surface area contributed by atoms with E-state index in [0.717, 1.165) is 0 Å². The maximum Gasteiger partial charge on any atom is 0.00473 e. The number of hydrogen-bond donors (Lipinski definition) is 1. The number of hydrogen-bond acceptors (Lipinski definition) is 2. The summed E-state index contributed by atoms with van der Waals surface area (Å²) in [6.07, 6.45) is 7.08. The minimum Gasteiger partial charge on any atom is -0.314 e. The van der Waals surface area contributed by atoms with Gasteiger partial charge in [0.15, 0.2) is 0 Å². The first-order valence-electron chi connectivity index (χ1n) is 8.14. The monoisotopic (exact) mass is 268 g/mol. The van der Waals surface area contributed by atoms with Gasteiger partial charge < -0.3 is 10.2 Å². The summed E-state index contributed by atoms with van der Waals surface area (Å²) in [6.45, 7) is 15.2. The van der Waals surface area contributed by atoms with Crippen molar-refractivity contribution in [2.24, 2.45) is 10.8 Å². The first-order chi connectivity index (χ1) is 8.72. The lowest BCUT2D eigenvalue weighted by atomic mass is 9.73. The van der Waals surface area contributed by atoms with E-state index in [-0.39, 0.29) is 0 Å². The maximum atomic E-state index is 3.70. The molecule has 0 bridgehead atoms. The third kappa shape index (κ3) is 6.76. The lowest BCUT2D eigenvalue weighted by Gasteiger charge is -2.42. The predicted molar refractivity (Wildman–Crippen MR) is 85.6 cm³/mol. The molecule has 2 nitrogen and oxygen atoms in total. The molecule has 19 heavy (non-hydrogen) atoms. The molecule has 0 radical (unpaired) electrons. The van der Waals surface area contributed by atoms with Gasteiger partial charge in [-0.1, -0.05) is 53.9 Å². The van der Waals surface area contributed by atoms with Crippen LogP contribution in [0.2, 0.25) is 0 Å². The van der Waals surface area contributed by atoms with Gasteiger partial charge in [0.25, 0.3) is 0 Å². The van der Waals surface area contributed by atoms with Gasteiger partial charge in [-0.15, -0.1) is 0 Å². The van der Waals surface area contributed by atoms with Crippen LogP contribution in [-0.4, -0.2) is 37.6 Å². The summed E-state index contributed by atoms with van der Waals surface area (Å²) in [5, 5.41) is 3.70. The van der Waals surface area contributed by atoms with Gasteiger partial charge in [-0.25, -0.2) is 0 Å². The summed E-state index contributed by atoms with van der Waals surface area (Å²) < 4.78 is 0. The highest BCUT2D eigenvalue weighted by Gasteiger charge is 2.33. The van der Waals surface area contributed by atoms with Crippen LogP contribution in [0.25, 0.3) is 0 Å². The standard InChI is InChI=1S/C17H36N2/c1-15(2)18-12-17(10-8-7-9-11-17)14-19(6)13-16(3,4)5/h15,18H,7-14H2,1-6H3. The Morgan fingerprint density at radius 1 is 1.11 bits per heavy atom. The second-order valence-corrected chi connectivity index (χ2v) is 8.33. The smallest absolute Gasteiger partial charge is 0.00473 e. The van der Waals surface area contributed by atoms with Crippen molar-refractivity contribution in [3.63, 3.8) is 0 Å². The van der Waals surface area contributed by atoms with Crippen molar-refractivity contribution in [1.82, 2.24) is 10.2 Å². The summed E-state index contributed by atoms with van der Waals surface area (Å²) in [7, 11) is 2.30. The summed E-state index contributed by atoms with van der Waals surface area (Å²) in [5.74, 6) is 0. The zero-order valence-electron chi connectivity index (χ0n) is 14.2. The predicted octanol–water partition coefficient (Wildman–Crippen LogP) is 3.91. The van der Waals surface area contributed by atoms with E-state index in [1.807, 2.05) is 0 Å². The van der Waals surface area contributed by atoms with E-state index >= 15 is 0 Å². The molecule has 0 atom stereocenters. The highest BCUT2D eigenvalue weighted by molar-refractivity contribution is 4.88. The van der Waals surface area contributed by atoms with Crippen LogP contribution in [-0.2, 0) is 0 Å². The molecular formula is C17H36N2. The third-order valence-electron chi connectivity index (χ3n) is 4.15. The molecule has 0 aromatic carbocycles. The Labute approximate surface area is 121 Å². The molecule has 0 saturated heterocycles. The Morgan fingerprint density at radius 2 is 1.68 bits per heavy atom. The molecule has 1 rings (SSSR count). The molecule has 2 heteroatoms. The van der Waals surface area contributed by atoms with Gasteiger partial charge >= 0.3 is 0 Å².